The molecule has 0 bridgehead atoms. The number of piperidine rings is 1. The number of halogens is 1. The highest BCUT2D eigenvalue weighted by molar-refractivity contribution is 7.18. The van der Waals surface area contributed by atoms with Crippen molar-refractivity contribution >= 4 is 22.3 Å². The normalized spacial score (nSPS) is 16.2. The van der Waals surface area contributed by atoms with Gasteiger partial charge in [-0.3, -0.25) is 0 Å². The number of benzene rings is 1. The Morgan fingerprint density at radius 1 is 1.15 bits per heavy atom. The summed E-state index contributed by atoms with van der Waals surface area (Å²) in [6, 6.07) is 10.7. The van der Waals surface area contributed by atoms with Gasteiger partial charge >= 0.3 is 0 Å². The number of anilines is 2. The molecule has 140 valence electrons. The van der Waals surface area contributed by atoms with Crippen LogP contribution in [0.15, 0.2) is 48.8 Å². The van der Waals surface area contributed by atoms with E-state index in [0.717, 1.165) is 34.5 Å². The maximum Gasteiger partial charge on any atom is 0.188 e. The summed E-state index contributed by atoms with van der Waals surface area (Å²) < 4.78 is 13.1. The minimum absolute atomic E-state index is 0.231. The van der Waals surface area contributed by atoms with Crippen LogP contribution >= 0.6 is 11.3 Å². The van der Waals surface area contributed by atoms with Crippen molar-refractivity contribution in [1.82, 2.24) is 15.3 Å². The van der Waals surface area contributed by atoms with Crippen molar-refractivity contribution < 1.29 is 4.39 Å². The van der Waals surface area contributed by atoms with E-state index in [-0.39, 0.29) is 5.82 Å². The summed E-state index contributed by atoms with van der Waals surface area (Å²) in [5.41, 5.74) is 2.28. The van der Waals surface area contributed by atoms with Crippen LogP contribution < -0.4 is 10.6 Å². The first-order valence-corrected chi connectivity index (χ1v) is 10.2. The molecule has 0 aliphatic carbocycles. The molecule has 2 N–H and O–H groups in total. The van der Waals surface area contributed by atoms with E-state index in [4.69, 9.17) is 0 Å². The number of nitrogens with zero attached hydrogens (tertiary/aromatic N) is 2. The first-order chi connectivity index (χ1) is 13.2. The SMILES string of the molecule is CC(c1ccnc(Nc2ncc(-c3ccc(F)cc3)s2)c1)C1CCNCC1. The molecule has 3 aromatic rings. The highest BCUT2D eigenvalue weighted by Gasteiger charge is 2.21. The Labute approximate surface area is 162 Å². The predicted octanol–water partition coefficient (Wildman–Crippen LogP) is 5.19. The molecule has 1 saturated heterocycles. The lowest BCUT2D eigenvalue weighted by Crippen LogP contribution is -2.30. The average molecular weight is 383 g/mol. The van der Waals surface area contributed by atoms with Crippen molar-refractivity contribution in [3.8, 4) is 10.4 Å². The van der Waals surface area contributed by atoms with E-state index in [1.165, 1.54) is 41.9 Å². The van der Waals surface area contributed by atoms with Crippen molar-refractivity contribution in [2.45, 2.75) is 25.7 Å². The van der Waals surface area contributed by atoms with Gasteiger partial charge in [0.25, 0.3) is 0 Å². The number of pyridine rings is 1. The van der Waals surface area contributed by atoms with Crippen molar-refractivity contribution in [2.75, 3.05) is 18.4 Å². The average Bonchev–Trinajstić information content (AvgIpc) is 3.17. The quantitative estimate of drug-likeness (QED) is 0.637. The smallest absolute Gasteiger partial charge is 0.188 e. The monoisotopic (exact) mass is 382 g/mol. The van der Waals surface area contributed by atoms with Crippen LogP contribution in [-0.2, 0) is 0 Å². The summed E-state index contributed by atoms with van der Waals surface area (Å²) in [7, 11) is 0. The molecule has 1 fully saturated rings. The summed E-state index contributed by atoms with van der Waals surface area (Å²) in [6.45, 7) is 4.53. The Balaban J connectivity index is 1.47. The highest BCUT2D eigenvalue weighted by atomic mass is 32.1. The number of thiazole rings is 1. The van der Waals surface area contributed by atoms with Crippen molar-refractivity contribution in [2.24, 2.45) is 5.92 Å². The van der Waals surface area contributed by atoms with Gasteiger partial charge in [0.05, 0.1) is 4.88 Å². The predicted molar refractivity (Wildman–Crippen MR) is 109 cm³/mol. The Morgan fingerprint density at radius 2 is 1.93 bits per heavy atom. The molecule has 0 radical (unpaired) electrons. The van der Waals surface area contributed by atoms with E-state index in [2.05, 4.69) is 39.7 Å². The Kier molecular flexibility index (Phi) is 5.45. The number of nitrogens with one attached hydrogen (secondary N) is 2. The second kappa shape index (κ2) is 8.15. The molecule has 0 amide bonds. The van der Waals surface area contributed by atoms with Gasteiger partial charge in [0.2, 0.25) is 0 Å². The van der Waals surface area contributed by atoms with Crippen LogP contribution in [0.4, 0.5) is 15.3 Å². The van der Waals surface area contributed by atoms with Gasteiger partial charge in [-0.15, -0.1) is 0 Å². The van der Waals surface area contributed by atoms with Crippen LogP contribution in [0.1, 0.15) is 31.2 Å². The first kappa shape index (κ1) is 18.1. The molecule has 1 atom stereocenters. The van der Waals surface area contributed by atoms with Gasteiger partial charge in [-0.2, -0.15) is 0 Å². The summed E-state index contributed by atoms with van der Waals surface area (Å²) >= 11 is 1.54. The fraction of sp³-hybridized carbons (Fsp3) is 0.333. The zero-order valence-corrected chi connectivity index (χ0v) is 16.1. The molecular weight excluding hydrogens is 359 g/mol. The molecule has 1 aromatic carbocycles. The lowest BCUT2D eigenvalue weighted by atomic mass is 9.82. The van der Waals surface area contributed by atoms with E-state index in [1.54, 1.807) is 12.1 Å². The largest absolute Gasteiger partial charge is 0.317 e. The van der Waals surface area contributed by atoms with E-state index in [9.17, 15) is 4.39 Å². The minimum Gasteiger partial charge on any atom is -0.317 e. The molecule has 3 heterocycles. The molecule has 1 aliphatic heterocycles. The minimum atomic E-state index is -0.231. The third-order valence-corrected chi connectivity index (χ3v) is 6.23. The number of hydrogen-bond acceptors (Lipinski definition) is 5. The lowest BCUT2D eigenvalue weighted by Gasteiger charge is -2.28. The van der Waals surface area contributed by atoms with Crippen molar-refractivity contribution in [1.29, 1.82) is 0 Å². The molecular formula is C21H23FN4S. The maximum absolute atomic E-state index is 13.1. The molecule has 6 heteroatoms. The fourth-order valence-electron chi connectivity index (χ4n) is 3.60. The summed E-state index contributed by atoms with van der Waals surface area (Å²) in [5, 5.41) is 7.53. The lowest BCUT2D eigenvalue weighted by molar-refractivity contribution is 0.330. The Bertz CT molecular complexity index is 887. The van der Waals surface area contributed by atoms with Crippen LogP contribution in [0.3, 0.4) is 0 Å². The number of aromatic nitrogens is 2. The second-order valence-electron chi connectivity index (χ2n) is 7.01. The van der Waals surface area contributed by atoms with Gasteiger partial charge in [-0.05, 0) is 73.2 Å². The van der Waals surface area contributed by atoms with Crippen LogP contribution in [0, 0.1) is 11.7 Å². The third kappa shape index (κ3) is 4.34. The molecule has 27 heavy (non-hydrogen) atoms. The van der Waals surface area contributed by atoms with E-state index >= 15 is 0 Å². The molecule has 0 spiro atoms. The van der Waals surface area contributed by atoms with Crippen molar-refractivity contribution in [3.63, 3.8) is 0 Å². The maximum atomic E-state index is 13.1. The third-order valence-electron chi connectivity index (χ3n) is 5.27. The first-order valence-electron chi connectivity index (χ1n) is 9.34. The zero-order chi connectivity index (χ0) is 18.6. The topological polar surface area (TPSA) is 49.8 Å². The molecule has 1 unspecified atom stereocenters. The fourth-order valence-corrected chi connectivity index (χ4v) is 4.43. The molecule has 4 nitrogen and oxygen atoms in total. The van der Waals surface area contributed by atoms with Gasteiger partial charge in [0, 0.05) is 12.4 Å². The standard InChI is InChI=1S/C21H23FN4S/c1-14(15-6-9-23-10-7-15)17-8-11-24-20(12-17)26-21-25-13-19(27-21)16-2-4-18(22)5-3-16/h2-5,8,11-15,23H,6-7,9-10H2,1H3,(H,24,25,26). The molecule has 0 saturated carbocycles. The van der Waals surface area contributed by atoms with Gasteiger partial charge in [-0.1, -0.05) is 30.4 Å². The molecule has 4 rings (SSSR count). The van der Waals surface area contributed by atoms with E-state index < -0.39 is 0 Å². The van der Waals surface area contributed by atoms with Gasteiger partial charge in [0.15, 0.2) is 5.13 Å². The summed E-state index contributed by atoms with van der Waals surface area (Å²) in [5.74, 6) is 1.81. The molecule has 2 aromatic heterocycles. The van der Waals surface area contributed by atoms with E-state index in [1.807, 2.05) is 12.4 Å². The van der Waals surface area contributed by atoms with Crippen LogP contribution in [-0.4, -0.2) is 23.1 Å². The second-order valence-corrected chi connectivity index (χ2v) is 8.04. The van der Waals surface area contributed by atoms with Gasteiger partial charge < -0.3 is 10.6 Å². The van der Waals surface area contributed by atoms with Crippen LogP contribution in [0.25, 0.3) is 10.4 Å². The summed E-state index contributed by atoms with van der Waals surface area (Å²) in [6.07, 6.45) is 6.12. The highest BCUT2D eigenvalue weighted by Crippen LogP contribution is 2.33. The summed E-state index contributed by atoms with van der Waals surface area (Å²) in [4.78, 5) is 9.89. The van der Waals surface area contributed by atoms with E-state index in [0.29, 0.717) is 11.8 Å². The Hall–Kier alpha value is -2.31. The van der Waals surface area contributed by atoms with Gasteiger partial charge in [0.1, 0.15) is 11.6 Å². The Morgan fingerprint density at radius 3 is 2.70 bits per heavy atom. The zero-order valence-electron chi connectivity index (χ0n) is 15.3. The van der Waals surface area contributed by atoms with Gasteiger partial charge in [-0.25, -0.2) is 14.4 Å². The number of rotatable bonds is 5. The molecule has 1 aliphatic rings. The number of hydrogen-bond donors (Lipinski definition) is 2. The van der Waals surface area contributed by atoms with Crippen molar-refractivity contribution in [3.05, 3.63) is 60.2 Å². The van der Waals surface area contributed by atoms with Crippen LogP contribution in [0.2, 0.25) is 0 Å². The van der Waals surface area contributed by atoms with Crippen LogP contribution in [0.5, 0.6) is 0 Å².